The lowest BCUT2D eigenvalue weighted by Gasteiger charge is -2.21. The molecule has 4 aliphatic rings. The van der Waals surface area contributed by atoms with Crippen LogP contribution in [0.3, 0.4) is 0 Å². The molecule has 1 aromatic carbocycles. The van der Waals surface area contributed by atoms with Gasteiger partial charge in [-0.2, -0.15) is 23.3 Å². The van der Waals surface area contributed by atoms with Gasteiger partial charge in [-0.25, -0.2) is 9.97 Å². The first-order valence-corrected chi connectivity index (χ1v) is 16.5. The van der Waals surface area contributed by atoms with Gasteiger partial charge < -0.3 is 25.2 Å². The Hall–Kier alpha value is -4.49. The highest BCUT2D eigenvalue weighted by molar-refractivity contribution is 7.58. The number of pyridine rings is 1. The van der Waals surface area contributed by atoms with Crippen LogP contribution in [0.15, 0.2) is 48.9 Å². The number of nitrogens with one attached hydrogen (secondary N) is 3. The standard InChI is InChI=1S/C30H34F3N8O4P/c1-18(2)16-46(43)17-19-6-7-23(25(12-19)44-4)39-29-35-14-21(30(31,32)33)27(40-29)38-24-9-8-22(37-26(24)28(42)34-3)20-13-36-41(15-20)10-5-11-45-46/h6-9,12-15,18H,5,10-11,16-17H2,1-4H3,(H,34,42)(H2,35,38,39,40). The number of nitrogens with zero attached hydrogens (tertiary/aromatic N) is 5. The molecule has 7 heterocycles. The first-order valence-electron chi connectivity index (χ1n) is 14.5. The van der Waals surface area contributed by atoms with Crippen LogP contribution in [-0.4, -0.2) is 57.6 Å². The van der Waals surface area contributed by atoms with Crippen molar-refractivity contribution in [3.8, 4) is 17.0 Å². The van der Waals surface area contributed by atoms with Gasteiger partial charge in [-0.1, -0.05) is 19.9 Å². The molecule has 12 nitrogen and oxygen atoms in total. The molecular formula is C30H34F3N8O4P. The molecule has 0 spiro atoms. The molecule has 1 atom stereocenters. The number of carbonyl (C=O) groups is 1. The lowest BCUT2D eigenvalue weighted by molar-refractivity contribution is -0.137. The van der Waals surface area contributed by atoms with Gasteiger partial charge in [0, 0.05) is 43.9 Å². The molecule has 3 N–H and O–H groups in total. The molecule has 1 unspecified atom stereocenters. The van der Waals surface area contributed by atoms with E-state index < -0.39 is 30.8 Å². The van der Waals surface area contributed by atoms with E-state index in [-0.39, 0.29) is 36.0 Å². The minimum atomic E-state index is -4.81. The average molecular weight is 659 g/mol. The molecule has 0 saturated heterocycles. The van der Waals surface area contributed by atoms with Crippen LogP contribution in [0.2, 0.25) is 0 Å². The lowest BCUT2D eigenvalue weighted by atomic mass is 10.1. The van der Waals surface area contributed by atoms with Crippen molar-refractivity contribution in [2.75, 3.05) is 37.6 Å². The Morgan fingerprint density at radius 1 is 1.15 bits per heavy atom. The van der Waals surface area contributed by atoms with Gasteiger partial charge in [0.05, 0.1) is 37.0 Å². The monoisotopic (exact) mass is 658 g/mol. The summed E-state index contributed by atoms with van der Waals surface area (Å²) in [5.41, 5.74) is 0.745. The summed E-state index contributed by atoms with van der Waals surface area (Å²) in [4.78, 5) is 25.3. The number of anilines is 4. The summed E-state index contributed by atoms with van der Waals surface area (Å²) in [6, 6.07) is 8.10. The van der Waals surface area contributed by atoms with E-state index in [4.69, 9.17) is 9.26 Å². The Labute approximate surface area is 263 Å². The molecule has 0 saturated carbocycles. The summed E-state index contributed by atoms with van der Waals surface area (Å²) in [6.45, 7) is 4.68. The highest BCUT2D eigenvalue weighted by atomic mass is 31.2. The van der Waals surface area contributed by atoms with E-state index in [1.165, 1.54) is 20.2 Å². The number of alkyl halides is 3. The number of carbonyl (C=O) groups excluding carboxylic acids is 1. The Morgan fingerprint density at radius 2 is 1.93 bits per heavy atom. The van der Waals surface area contributed by atoms with Crippen LogP contribution in [0, 0.1) is 5.92 Å². The second kappa shape index (κ2) is 13.5. The average Bonchev–Trinajstić information content (AvgIpc) is 3.47. The van der Waals surface area contributed by atoms with Gasteiger partial charge in [0.1, 0.15) is 17.1 Å². The summed E-state index contributed by atoms with van der Waals surface area (Å²) in [6.07, 6.45) is 0.233. The molecule has 1 amide bonds. The van der Waals surface area contributed by atoms with E-state index in [0.29, 0.717) is 53.6 Å². The van der Waals surface area contributed by atoms with Crippen molar-refractivity contribution < 1.29 is 31.8 Å². The van der Waals surface area contributed by atoms with Crippen LogP contribution < -0.4 is 20.7 Å². The SMILES string of the molecule is CNC(=O)c1nc2ccc1Nc1nc(ncc1C(F)(F)F)Nc1ccc(cc1OC)CP(=O)(CC(C)C)OCCCn1cc-2cn1. The second-order valence-corrected chi connectivity index (χ2v) is 13.7. The minimum Gasteiger partial charge on any atom is -0.495 e. The third-order valence-corrected chi connectivity index (χ3v) is 9.84. The number of aromatic nitrogens is 5. The molecule has 16 heteroatoms. The number of aryl methyl sites for hydroxylation is 1. The van der Waals surface area contributed by atoms with Gasteiger partial charge in [-0.3, -0.25) is 14.0 Å². The second-order valence-electron chi connectivity index (χ2n) is 11.1. The number of rotatable bonds is 4. The van der Waals surface area contributed by atoms with Gasteiger partial charge >= 0.3 is 6.18 Å². The van der Waals surface area contributed by atoms with Crippen molar-refractivity contribution in [2.45, 2.75) is 39.2 Å². The summed E-state index contributed by atoms with van der Waals surface area (Å²) in [7, 11) is -0.274. The highest BCUT2D eigenvalue weighted by Gasteiger charge is 2.36. The van der Waals surface area contributed by atoms with Gasteiger partial charge in [0.2, 0.25) is 13.3 Å². The van der Waals surface area contributed by atoms with Gasteiger partial charge in [0.25, 0.3) is 5.91 Å². The number of amides is 1. The van der Waals surface area contributed by atoms with Crippen LogP contribution in [0.25, 0.3) is 11.3 Å². The molecular weight excluding hydrogens is 624 g/mol. The van der Waals surface area contributed by atoms with Crippen molar-refractivity contribution in [1.82, 2.24) is 30.0 Å². The number of hydrogen-bond acceptors (Lipinski definition) is 10. The van der Waals surface area contributed by atoms with Gasteiger partial charge in [-0.05, 0) is 42.2 Å². The first kappa shape index (κ1) is 32.9. The van der Waals surface area contributed by atoms with Crippen LogP contribution in [0.5, 0.6) is 5.75 Å². The number of benzene rings is 1. The summed E-state index contributed by atoms with van der Waals surface area (Å²) < 4.78 is 69.5. The maximum absolute atomic E-state index is 14.1. The summed E-state index contributed by atoms with van der Waals surface area (Å²) >= 11 is 0. The minimum absolute atomic E-state index is 0.00214. The summed E-state index contributed by atoms with van der Waals surface area (Å²) in [5.74, 6) is -0.929. The maximum atomic E-state index is 14.1. The van der Waals surface area contributed by atoms with E-state index >= 15 is 0 Å². The number of halogens is 3. The molecule has 3 aromatic heterocycles. The Bertz CT molecular complexity index is 1780. The van der Waals surface area contributed by atoms with Crippen molar-refractivity contribution >= 4 is 36.4 Å². The normalized spacial score (nSPS) is 17.0. The molecule has 244 valence electrons. The zero-order chi connectivity index (χ0) is 33.1. The number of hydrogen-bond donors (Lipinski definition) is 3. The molecule has 4 aromatic rings. The zero-order valence-electron chi connectivity index (χ0n) is 25.7. The topological polar surface area (TPSA) is 145 Å². The Balaban J connectivity index is 1.62. The van der Waals surface area contributed by atoms with E-state index in [1.807, 2.05) is 13.8 Å². The van der Waals surface area contributed by atoms with Crippen LogP contribution in [0.1, 0.15) is 41.9 Å². The number of methoxy groups -OCH3 is 1. The van der Waals surface area contributed by atoms with Crippen LogP contribution in [0.4, 0.5) is 36.3 Å². The third kappa shape index (κ3) is 7.65. The molecule has 8 bridgehead atoms. The zero-order valence-corrected chi connectivity index (χ0v) is 26.6. The first-order chi connectivity index (χ1) is 21.9. The fraction of sp³-hybridized carbons (Fsp3) is 0.367. The Morgan fingerprint density at radius 3 is 2.65 bits per heavy atom. The lowest BCUT2D eigenvalue weighted by Crippen LogP contribution is -2.21. The van der Waals surface area contributed by atoms with Crippen molar-refractivity contribution in [3.05, 3.63) is 65.7 Å². The maximum Gasteiger partial charge on any atom is 0.421 e. The van der Waals surface area contributed by atoms with E-state index in [0.717, 1.165) is 0 Å². The largest absolute Gasteiger partial charge is 0.495 e. The van der Waals surface area contributed by atoms with E-state index in [9.17, 15) is 22.5 Å². The van der Waals surface area contributed by atoms with Crippen LogP contribution in [-0.2, 0) is 28.0 Å². The van der Waals surface area contributed by atoms with Crippen molar-refractivity contribution in [1.29, 1.82) is 0 Å². The molecule has 8 rings (SSSR count). The highest BCUT2D eigenvalue weighted by Crippen LogP contribution is 2.52. The summed E-state index contributed by atoms with van der Waals surface area (Å²) in [5, 5.41) is 12.4. The van der Waals surface area contributed by atoms with E-state index in [1.54, 1.807) is 41.3 Å². The van der Waals surface area contributed by atoms with E-state index in [2.05, 4.69) is 36.0 Å². The Kier molecular flexibility index (Phi) is 9.63. The molecule has 0 fully saturated rings. The van der Waals surface area contributed by atoms with Crippen molar-refractivity contribution in [2.24, 2.45) is 5.92 Å². The fourth-order valence-corrected chi connectivity index (χ4v) is 7.67. The van der Waals surface area contributed by atoms with Crippen molar-refractivity contribution in [3.63, 3.8) is 0 Å². The van der Waals surface area contributed by atoms with Gasteiger partial charge in [0.15, 0.2) is 5.69 Å². The quantitative estimate of drug-likeness (QED) is 0.209. The molecule has 46 heavy (non-hydrogen) atoms. The fourth-order valence-electron chi connectivity index (χ4n) is 5.02. The predicted molar refractivity (Wildman–Crippen MR) is 167 cm³/mol. The number of ether oxygens (including phenoxy) is 1. The molecule has 4 aliphatic heterocycles. The third-order valence-electron chi connectivity index (χ3n) is 7.05. The molecule has 0 aliphatic carbocycles. The predicted octanol–water partition coefficient (Wildman–Crippen LogP) is 6.46. The smallest absolute Gasteiger partial charge is 0.421 e. The van der Waals surface area contributed by atoms with Crippen LogP contribution >= 0.6 is 7.37 Å². The molecule has 0 radical (unpaired) electrons. The van der Waals surface area contributed by atoms with Gasteiger partial charge in [-0.15, -0.1) is 0 Å².